The second-order valence-corrected chi connectivity index (χ2v) is 3.76. The average molecular weight is 285 g/mol. The van der Waals surface area contributed by atoms with E-state index in [0.717, 1.165) is 13.1 Å². The molecule has 0 bridgehead atoms. The van der Waals surface area contributed by atoms with Crippen molar-refractivity contribution in [2.75, 3.05) is 0 Å². The third-order valence-corrected chi connectivity index (χ3v) is 2.54. The van der Waals surface area contributed by atoms with Gasteiger partial charge in [-0.25, -0.2) is 4.98 Å². The molecular formula is C9H5Cl2F3N2O. The number of alkyl halides is 3. The summed E-state index contributed by atoms with van der Waals surface area (Å²) in [4.78, 5) is 3.53. The molecule has 1 atom stereocenters. The third-order valence-electron chi connectivity index (χ3n) is 1.81. The Balaban J connectivity index is 3.14. The van der Waals surface area contributed by atoms with E-state index in [1.54, 1.807) is 6.07 Å². The Hall–Kier alpha value is -1.19. The van der Waals surface area contributed by atoms with Crippen LogP contribution >= 0.6 is 23.2 Å². The number of nitriles is 1. The van der Waals surface area contributed by atoms with Gasteiger partial charge in [0.25, 0.3) is 0 Å². The molecule has 1 aromatic heterocycles. The van der Waals surface area contributed by atoms with E-state index < -0.39 is 18.0 Å². The minimum Gasteiger partial charge on any atom is -0.478 e. The lowest BCUT2D eigenvalue weighted by Gasteiger charge is -2.19. The normalized spacial score (nSPS) is 13.0. The topological polar surface area (TPSA) is 45.9 Å². The second-order valence-electron chi connectivity index (χ2n) is 3.02. The first kappa shape index (κ1) is 13.9. The van der Waals surface area contributed by atoms with Gasteiger partial charge in [-0.1, -0.05) is 23.2 Å². The molecule has 0 aliphatic carbocycles. The maximum absolute atomic E-state index is 12.3. The summed E-state index contributed by atoms with van der Waals surface area (Å²) in [6.45, 7) is 0.797. The van der Waals surface area contributed by atoms with Crippen molar-refractivity contribution in [1.82, 2.24) is 4.98 Å². The fourth-order valence-corrected chi connectivity index (χ4v) is 1.22. The van der Waals surface area contributed by atoms with Crippen molar-refractivity contribution in [2.24, 2.45) is 0 Å². The Morgan fingerprint density at radius 2 is 2.06 bits per heavy atom. The van der Waals surface area contributed by atoms with Crippen molar-refractivity contribution in [3.05, 3.63) is 21.9 Å². The number of aromatic nitrogens is 1. The van der Waals surface area contributed by atoms with Gasteiger partial charge in [0, 0.05) is 0 Å². The molecule has 0 amide bonds. The van der Waals surface area contributed by atoms with Crippen LogP contribution < -0.4 is 4.74 Å². The molecule has 1 unspecified atom stereocenters. The summed E-state index contributed by atoms with van der Waals surface area (Å²) < 4.78 is 41.5. The SMILES string of the molecule is CC(Oc1c(C#N)cnc(Cl)c1Cl)C(F)(F)F. The molecule has 8 heteroatoms. The molecule has 0 saturated heterocycles. The molecule has 0 saturated carbocycles. The standard InChI is InChI=1S/C9H5Cl2F3N2O/c1-4(9(12,13)14)17-7-5(2-15)3-16-8(11)6(7)10/h3-4H,1H3. The number of nitrogens with zero attached hydrogens (tertiary/aromatic N) is 2. The Morgan fingerprint density at radius 3 is 2.53 bits per heavy atom. The molecule has 0 radical (unpaired) electrons. The zero-order valence-electron chi connectivity index (χ0n) is 8.35. The van der Waals surface area contributed by atoms with E-state index in [-0.39, 0.29) is 15.7 Å². The summed E-state index contributed by atoms with van der Waals surface area (Å²) >= 11 is 11.2. The predicted molar refractivity (Wildman–Crippen MR) is 55.1 cm³/mol. The molecule has 1 rings (SSSR count). The zero-order chi connectivity index (χ0) is 13.2. The van der Waals surface area contributed by atoms with Crippen LogP contribution in [0.4, 0.5) is 13.2 Å². The van der Waals surface area contributed by atoms with Crippen molar-refractivity contribution in [2.45, 2.75) is 19.2 Å². The van der Waals surface area contributed by atoms with Gasteiger partial charge in [-0.3, -0.25) is 0 Å². The fourth-order valence-electron chi connectivity index (χ4n) is 0.887. The average Bonchev–Trinajstić information content (AvgIpc) is 2.23. The van der Waals surface area contributed by atoms with Crippen LogP contribution in [0.2, 0.25) is 10.2 Å². The van der Waals surface area contributed by atoms with Gasteiger partial charge in [-0.2, -0.15) is 18.4 Å². The predicted octanol–water partition coefficient (Wildman–Crippen LogP) is 3.59. The van der Waals surface area contributed by atoms with Gasteiger partial charge in [-0.05, 0) is 6.92 Å². The smallest absolute Gasteiger partial charge is 0.425 e. The minimum absolute atomic E-state index is 0.213. The highest BCUT2D eigenvalue weighted by Gasteiger charge is 2.39. The maximum atomic E-state index is 12.3. The summed E-state index contributed by atoms with van der Waals surface area (Å²) in [6, 6.07) is 1.62. The van der Waals surface area contributed by atoms with Gasteiger partial charge in [0.2, 0.25) is 0 Å². The van der Waals surface area contributed by atoms with Crippen LogP contribution in [0.15, 0.2) is 6.20 Å². The van der Waals surface area contributed by atoms with Gasteiger partial charge in [0.15, 0.2) is 17.0 Å². The van der Waals surface area contributed by atoms with Gasteiger partial charge in [-0.15, -0.1) is 0 Å². The van der Waals surface area contributed by atoms with Crippen LogP contribution in [0.5, 0.6) is 5.75 Å². The molecule has 0 N–H and O–H groups in total. The number of hydrogen-bond donors (Lipinski definition) is 0. The van der Waals surface area contributed by atoms with E-state index >= 15 is 0 Å². The van der Waals surface area contributed by atoms with Crippen molar-refractivity contribution in [3.63, 3.8) is 0 Å². The van der Waals surface area contributed by atoms with Crippen LogP contribution in [-0.2, 0) is 0 Å². The minimum atomic E-state index is -4.56. The molecule has 0 spiro atoms. The first-order valence-corrected chi connectivity index (χ1v) is 5.00. The highest BCUT2D eigenvalue weighted by Crippen LogP contribution is 2.35. The van der Waals surface area contributed by atoms with Crippen LogP contribution in [0.25, 0.3) is 0 Å². The summed E-state index contributed by atoms with van der Waals surface area (Å²) in [7, 11) is 0. The summed E-state index contributed by atoms with van der Waals surface area (Å²) in [5.41, 5.74) is -0.213. The summed E-state index contributed by atoms with van der Waals surface area (Å²) in [6.07, 6.45) is -5.68. The first-order chi connectivity index (χ1) is 7.77. The van der Waals surface area contributed by atoms with E-state index in [0.29, 0.717) is 0 Å². The highest BCUT2D eigenvalue weighted by atomic mass is 35.5. The Bertz CT molecular complexity index is 471. The Kier molecular flexibility index (Phi) is 4.07. The molecular weight excluding hydrogens is 280 g/mol. The lowest BCUT2D eigenvalue weighted by atomic mass is 10.2. The van der Waals surface area contributed by atoms with Crippen LogP contribution in [0, 0.1) is 11.3 Å². The van der Waals surface area contributed by atoms with Crippen LogP contribution in [0.3, 0.4) is 0 Å². The second kappa shape index (κ2) is 4.98. The number of hydrogen-bond acceptors (Lipinski definition) is 3. The van der Waals surface area contributed by atoms with Gasteiger partial charge < -0.3 is 4.74 Å². The number of pyridine rings is 1. The van der Waals surface area contributed by atoms with E-state index in [1.807, 2.05) is 0 Å². The quantitative estimate of drug-likeness (QED) is 0.780. The monoisotopic (exact) mass is 284 g/mol. The third kappa shape index (κ3) is 3.14. The van der Waals surface area contributed by atoms with E-state index in [9.17, 15) is 13.2 Å². The first-order valence-electron chi connectivity index (χ1n) is 4.24. The van der Waals surface area contributed by atoms with Crippen LogP contribution in [-0.4, -0.2) is 17.3 Å². The molecule has 0 aliphatic rings. The maximum Gasteiger partial charge on any atom is 0.425 e. The van der Waals surface area contributed by atoms with Gasteiger partial charge >= 0.3 is 6.18 Å². The van der Waals surface area contributed by atoms with Crippen molar-refractivity contribution in [3.8, 4) is 11.8 Å². The molecule has 3 nitrogen and oxygen atoms in total. The lowest BCUT2D eigenvalue weighted by molar-refractivity contribution is -0.189. The van der Waals surface area contributed by atoms with Gasteiger partial charge in [0.1, 0.15) is 16.7 Å². The highest BCUT2D eigenvalue weighted by molar-refractivity contribution is 6.42. The van der Waals surface area contributed by atoms with Crippen molar-refractivity contribution < 1.29 is 17.9 Å². The molecule has 0 aromatic carbocycles. The van der Waals surface area contributed by atoms with Crippen LogP contribution in [0.1, 0.15) is 12.5 Å². The van der Waals surface area contributed by atoms with E-state index in [2.05, 4.69) is 9.72 Å². The van der Waals surface area contributed by atoms with Crippen molar-refractivity contribution in [1.29, 1.82) is 5.26 Å². The summed E-state index contributed by atoms with van der Waals surface area (Å²) in [5, 5.41) is 8.15. The number of rotatable bonds is 2. The molecule has 92 valence electrons. The van der Waals surface area contributed by atoms with E-state index in [1.165, 1.54) is 0 Å². The molecule has 17 heavy (non-hydrogen) atoms. The zero-order valence-corrected chi connectivity index (χ0v) is 9.86. The summed E-state index contributed by atoms with van der Waals surface area (Å²) in [5.74, 6) is -0.418. The Morgan fingerprint density at radius 1 is 1.47 bits per heavy atom. The lowest BCUT2D eigenvalue weighted by Crippen LogP contribution is -2.31. The van der Waals surface area contributed by atoms with Crippen molar-refractivity contribution >= 4 is 23.2 Å². The molecule has 0 fully saturated rings. The number of halogens is 5. The molecule has 0 aliphatic heterocycles. The number of ether oxygens (including phenoxy) is 1. The van der Waals surface area contributed by atoms with E-state index in [4.69, 9.17) is 28.5 Å². The van der Waals surface area contributed by atoms with Gasteiger partial charge in [0.05, 0.1) is 6.20 Å². The Labute approximate surface area is 105 Å². The molecule has 1 heterocycles. The fraction of sp³-hybridized carbons (Fsp3) is 0.333. The molecule has 1 aromatic rings. The largest absolute Gasteiger partial charge is 0.478 e.